The van der Waals surface area contributed by atoms with Crippen molar-refractivity contribution in [3.05, 3.63) is 17.2 Å². The Labute approximate surface area is 133 Å². The SMILES string of the molecule is CCC1CC(S(=O)c2c(Cl)ccc(N)c2O)CC(CC)N1. The third-order valence-electron chi connectivity index (χ3n) is 4.17. The molecule has 1 aliphatic rings. The Bertz CT molecular complexity index is 527. The van der Waals surface area contributed by atoms with Crippen molar-refractivity contribution < 1.29 is 9.32 Å². The zero-order chi connectivity index (χ0) is 15.6. The van der Waals surface area contributed by atoms with Gasteiger partial charge in [0.1, 0.15) is 4.90 Å². The molecule has 0 amide bonds. The van der Waals surface area contributed by atoms with Crippen molar-refractivity contribution in [3.8, 4) is 5.75 Å². The van der Waals surface area contributed by atoms with Gasteiger partial charge in [-0.25, -0.2) is 0 Å². The van der Waals surface area contributed by atoms with Crippen LogP contribution in [0, 0.1) is 0 Å². The van der Waals surface area contributed by atoms with Gasteiger partial charge in [-0.1, -0.05) is 25.4 Å². The number of anilines is 1. The Morgan fingerprint density at radius 2 is 1.90 bits per heavy atom. The first-order chi connectivity index (χ1) is 9.97. The van der Waals surface area contributed by atoms with Crippen molar-refractivity contribution in [2.75, 3.05) is 5.73 Å². The van der Waals surface area contributed by atoms with E-state index in [9.17, 15) is 9.32 Å². The fourth-order valence-electron chi connectivity index (χ4n) is 2.86. The molecule has 3 unspecified atom stereocenters. The summed E-state index contributed by atoms with van der Waals surface area (Å²) in [5.41, 5.74) is 5.93. The van der Waals surface area contributed by atoms with Crippen LogP contribution < -0.4 is 11.1 Å². The minimum atomic E-state index is -1.35. The zero-order valence-corrected chi connectivity index (χ0v) is 14.0. The van der Waals surface area contributed by atoms with Crippen LogP contribution in [0.4, 0.5) is 5.69 Å². The lowest BCUT2D eigenvalue weighted by Gasteiger charge is -2.35. The van der Waals surface area contributed by atoms with E-state index in [0.29, 0.717) is 17.1 Å². The standard InChI is InChI=1S/C15H23ClN2O2S/c1-3-9-7-11(8-10(4-2)18-9)21(20)15-12(16)5-6-13(17)14(15)19/h5-6,9-11,18-19H,3-4,7-8,17H2,1-2H3. The molecule has 0 aliphatic carbocycles. The summed E-state index contributed by atoms with van der Waals surface area (Å²) in [5, 5.41) is 14.0. The fourth-order valence-corrected chi connectivity index (χ4v) is 4.96. The van der Waals surface area contributed by atoms with E-state index in [1.54, 1.807) is 6.07 Å². The van der Waals surface area contributed by atoms with E-state index >= 15 is 0 Å². The molecule has 0 bridgehead atoms. The maximum atomic E-state index is 12.9. The van der Waals surface area contributed by atoms with Crippen LogP contribution in [0.25, 0.3) is 0 Å². The molecule has 3 atom stereocenters. The number of piperidine rings is 1. The molecule has 0 spiro atoms. The highest BCUT2D eigenvalue weighted by Crippen LogP contribution is 2.37. The second-order valence-corrected chi connectivity index (χ2v) is 7.66. The van der Waals surface area contributed by atoms with E-state index in [1.807, 2.05) is 0 Å². The van der Waals surface area contributed by atoms with Crippen molar-refractivity contribution >= 4 is 28.1 Å². The highest BCUT2D eigenvalue weighted by molar-refractivity contribution is 7.86. The van der Waals surface area contributed by atoms with E-state index in [-0.39, 0.29) is 21.6 Å². The smallest absolute Gasteiger partial charge is 0.156 e. The third kappa shape index (κ3) is 3.52. The number of nitrogens with one attached hydrogen (secondary N) is 1. The van der Waals surface area contributed by atoms with Gasteiger partial charge in [-0.15, -0.1) is 0 Å². The Morgan fingerprint density at radius 1 is 1.33 bits per heavy atom. The summed E-state index contributed by atoms with van der Waals surface area (Å²) < 4.78 is 12.9. The van der Waals surface area contributed by atoms with Gasteiger partial charge in [0.2, 0.25) is 0 Å². The number of nitrogen functional groups attached to an aromatic ring is 1. The second kappa shape index (κ2) is 6.99. The summed E-state index contributed by atoms with van der Waals surface area (Å²) in [7, 11) is -1.35. The molecular weight excluding hydrogens is 308 g/mol. The molecule has 1 heterocycles. The van der Waals surface area contributed by atoms with Gasteiger partial charge >= 0.3 is 0 Å². The molecule has 1 aromatic carbocycles. The molecule has 1 saturated heterocycles. The Hall–Kier alpha value is -0.780. The maximum Gasteiger partial charge on any atom is 0.156 e. The molecule has 0 radical (unpaired) electrons. The van der Waals surface area contributed by atoms with Crippen LogP contribution >= 0.6 is 11.6 Å². The number of hydrogen-bond donors (Lipinski definition) is 3. The number of benzene rings is 1. The fraction of sp³-hybridized carbons (Fsp3) is 0.600. The summed E-state index contributed by atoms with van der Waals surface area (Å²) in [6, 6.07) is 3.85. The first-order valence-electron chi connectivity index (χ1n) is 7.41. The number of halogens is 1. The molecule has 1 fully saturated rings. The van der Waals surface area contributed by atoms with Gasteiger partial charge in [-0.3, -0.25) is 4.21 Å². The summed E-state index contributed by atoms with van der Waals surface area (Å²) in [6.07, 6.45) is 3.65. The Balaban J connectivity index is 2.29. The average Bonchev–Trinajstić information content (AvgIpc) is 2.50. The number of aromatic hydroxyl groups is 1. The molecule has 0 aromatic heterocycles. The Kier molecular flexibility index (Phi) is 5.52. The summed E-state index contributed by atoms with van der Waals surface area (Å²) in [4.78, 5) is 0.285. The van der Waals surface area contributed by atoms with Gasteiger partial charge in [0.25, 0.3) is 0 Å². The van der Waals surface area contributed by atoms with E-state index in [2.05, 4.69) is 19.2 Å². The van der Waals surface area contributed by atoms with E-state index in [0.717, 1.165) is 25.7 Å². The largest absolute Gasteiger partial charge is 0.505 e. The quantitative estimate of drug-likeness (QED) is 0.586. The van der Waals surface area contributed by atoms with Crippen LogP contribution in [-0.2, 0) is 10.8 Å². The minimum absolute atomic E-state index is 0.00801. The predicted octanol–water partition coefficient (Wildman–Crippen LogP) is 3.04. The van der Waals surface area contributed by atoms with Crippen LogP contribution in [0.15, 0.2) is 17.0 Å². The molecular formula is C15H23ClN2O2S. The van der Waals surface area contributed by atoms with E-state index in [1.165, 1.54) is 6.07 Å². The van der Waals surface area contributed by atoms with Crippen LogP contribution in [-0.4, -0.2) is 26.6 Å². The number of phenolic OH excluding ortho intramolecular Hbond substituents is 1. The molecule has 2 rings (SSSR count). The second-order valence-electron chi connectivity index (χ2n) is 5.58. The first-order valence-corrected chi connectivity index (χ1v) is 9.00. The third-order valence-corrected chi connectivity index (χ3v) is 6.40. The molecule has 1 aromatic rings. The van der Waals surface area contributed by atoms with Gasteiger partial charge < -0.3 is 16.2 Å². The highest BCUT2D eigenvalue weighted by atomic mass is 35.5. The molecule has 4 nitrogen and oxygen atoms in total. The molecule has 4 N–H and O–H groups in total. The summed E-state index contributed by atoms with van der Waals surface area (Å²) in [6.45, 7) is 4.25. The van der Waals surface area contributed by atoms with Gasteiger partial charge in [0.05, 0.1) is 21.5 Å². The van der Waals surface area contributed by atoms with Crippen LogP contribution in [0.3, 0.4) is 0 Å². The topological polar surface area (TPSA) is 75.4 Å². The molecule has 1 aliphatic heterocycles. The maximum absolute atomic E-state index is 12.9. The predicted molar refractivity (Wildman–Crippen MR) is 88.3 cm³/mol. The van der Waals surface area contributed by atoms with E-state index in [4.69, 9.17) is 17.3 Å². The summed E-state index contributed by atoms with van der Waals surface area (Å²) >= 11 is 6.13. The van der Waals surface area contributed by atoms with Crippen molar-refractivity contribution in [1.82, 2.24) is 5.32 Å². The molecule has 0 saturated carbocycles. The first kappa shape index (κ1) is 16.6. The number of hydrogen-bond acceptors (Lipinski definition) is 4. The lowest BCUT2D eigenvalue weighted by molar-refractivity contribution is 0.312. The van der Waals surface area contributed by atoms with E-state index < -0.39 is 10.8 Å². The lowest BCUT2D eigenvalue weighted by Crippen LogP contribution is -2.48. The van der Waals surface area contributed by atoms with Crippen LogP contribution in [0.1, 0.15) is 39.5 Å². The lowest BCUT2D eigenvalue weighted by atomic mass is 9.95. The van der Waals surface area contributed by atoms with Gasteiger partial charge in [0.15, 0.2) is 5.75 Å². The zero-order valence-electron chi connectivity index (χ0n) is 12.4. The number of phenols is 1. The Morgan fingerprint density at radius 3 is 2.43 bits per heavy atom. The van der Waals surface area contributed by atoms with Crippen molar-refractivity contribution in [2.24, 2.45) is 0 Å². The van der Waals surface area contributed by atoms with Crippen molar-refractivity contribution in [1.29, 1.82) is 0 Å². The van der Waals surface area contributed by atoms with Gasteiger partial charge in [0, 0.05) is 17.3 Å². The van der Waals surface area contributed by atoms with Crippen LogP contribution in [0.5, 0.6) is 5.75 Å². The highest BCUT2D eigenvalue weighted by Gasteiger charge is 2.32. The van der Waals surface area contributed by atoms with Gasteiger partial charge in [-0.05, 0) is 37.8 Å². The monoisotopic (exact) mass is 330 g/mol. The molecule has 6 heteroatoms. The van der Waals surface area contributed by atoms with Crippen molar-refractivity contribution in [3.63, 3.8) is 0 Å². The van der Waals surface area contributed by atoms with Crippen molar-refractivity contribution in [2.45, 2.75) is 61.8 Å². The molecule has 21 heavy (non-hydrogen) atoms. The molecule has 118 valence electrons. The minimum Gasteiger partial charge on any atom is -0.505 e. The summed E-state index contributed by atoms with van der Waals surface area (Å²) in [5.74, 6) is -0.138. The normalized spacial score (nSPS) is 27.5. The van der Waals surface area contributed by atoms with Crippen LogP contribution in [0.2, 0.25) is 5.02 Å². The average molecular weight is 331 g/mol. The number of rotatable bonds is 4. The van der Waals surface area contributed by atoms with Gasteiger partial charge in [-0.2, -0.15) is 0 Å². The number of nitrogens with two attached hydrogens (primary N) is 1.